The van der Waals surface area contributed by atoms with E-state index in [4.69, 9.17) is 17.3 Å². The molecule has 19 heavy (non-hydrogen) atoms. The first-order chi connectivity index (χ1) is 8.84. The number of aryl methyl sites for hydroxylation is 2. The van der Waals surface area contributed by atoms with E-state index < -0.39 is 9.84 Å². The highest BCUT2D eigenvalue weighted by Gasteiger charge is 2.22. The summed E-state index contributed by atoms with van der Waals surface area (Å²) in [7, 11) is -3.27. The topological polar surface area (TPSA) is 78.0 Å². The molecule has 0 amide bonds. The number of nitrogens with zero attached hydrogens (tertiary/aromatic N) is 2. The van der Waals surface area contributed by atoms with E-state index in [1.807, 2.05) is 20.8 Å². The first kappa shape index (κ1) is 16.5. The van der Waals surface area contributed by atoms with E-state index in [0.29, 0.717) is 30.1 Å². The van der Waals surface area contributed by atoms with Crippen LogP contribution >= 0.6 is 11.6 Å². The molecule has 1 aromatic heterocycles. The van der Waals surface area contributed by atoms with E-state index in [1.54, 1.807) is 4.68 Å². The van der Waals surface area contributed by atoms with Crippen molar-refractivity contribution in [3.05, 3.63) is 16.4 Å². The molecule has 0 spiro atoms. The van der Waals surface area contributed by atoms with Crippen LogP contribution in [-0.2, 0) is 28.6 Å². The molecule has 0 bridgehead atoms. The summed E-state index contributed by atoms with van der Waals surface area (Å²) in [5.74, 6) is -0.115. The van der Waals surface area contributed by atoms with Crippen LogP contribution in [-0.4, -0.2) is 30.0 Å². The van der Waals surface area contributed by atoms with Gasteiger partial charge in [-0.05, 0) is 19.8 Å². The Labute approximate surface area is 120 Å². The van der Waals surface area contributed by atoms with Crippen molar-refractivity contribution in [2.24, 2.45) is 5.73 Å². The van der Waals surface area contributed by atoms with Crippen LogP contribution in [0.5, 0.6) is 0 Å². The molecule has 0 aliphatic heterocycles. The molecule has 0 saturated carbocycles. The second-order valence-corrected chi connectivity index (χ2v) is 7.09. The largest absolute Gasteiger partial charge is 0.327 e. The number of halogens is 1. The number of hydrogen-bond donors (Lipinski definition) is 1. The lowest BCUT2D eigenvalue weighted by Gasteiger charge is -2.10. The summed E-state index contributed by atoms with van der Waals surface area (Å²) in [6.45, 7) is 6.33. The zero-order chi connectivity index (χ0) is 14.6. The molecule has 7 heteroatoms. The van der Waals surface area contributed by atoms with Gasteiger partial charge < -0.3 is 5.73 Å². The quantitative estimate of drug-likeness (QED) is 0.832. The van der Waals surface area contributed by atoms with Gasteiger partial charge in [-0.1, -0.05) is 25.4 Å². The summed E-state index contributed by atoms with van der Waals surface area (Å²) in [6, 6.07) is -0.326. The second kappa shape index (κ2) is 6.72. The van der Waals surface area contributed by atoms with E-state index >= 15 is 0 Å². The third-order valence-corrected chi connectivity index (χ3v) is 5.13. The van der Waals surface area contributed by atoms with Crippen LogP contribution in [0.1, 0.15) is 38.6 Å². The monoisotopic (exact) mass is 307 g/mol. The van der Waals surface area contributed by atoms with Crippen molar-refractivity contribution in [2.75, 3.05) is 5.75 Å². The van der Waals surface area contributed by atoms with Gasteiger partial charge in [0.25, 0.3) is 0 Å². The summed E-state index contributed by atoms with van der Waals surface area (Å²) in [4.78, 5) is 0. The number of sulfone groups is 1. The standard InChI is InChI=1S/C12H22ClN3O2S/c1-4-9(14)7-19(17,18)8-11-12(13)10(5-2)15-16(11)6-3/h9H,4-8,14H2,1-3H3. The summed E-state index contributed by atoms with van der Waals surface area (Å²) in [5, 5.41) is 4.79. The lowest BCUT2D eigenvalue weighted by Crippen LogP contribution is -2.29. The Bertz CT molecular complexity index is 525. The smallest absolute Gasteiger partial charge is 0.157 e. The van der Waals surface area contributed by atoms with Gasteiger partial charge in [0.15, 0.2) is 9.84 Å². The molecule has 0 aromatic carbocycles. The number of nitrogens with two attached hydrogens (primary N) is 1. The van der Waals surface area contributed by atoms with Crippen molar-refractivity contribution in [3.8, 4) is 0 Å². The van der Waals surface area contributed by atoms with Crippen LogP contribution in [0.2, 0.25) is 5.02 Å². The molecule has 1 atom stereocenters. The van der Waals surface area contributed by atoms with Crippen LogP contribution in [0, 0.1) is 0 Å². The van der Waals surface area contributed by atoms with Crippen LogP contribution < -0.4 is 5.73 Å². The van der Waals surface area contributed by atoms with E-state index in [1.165, 1.54) is 0 Å². The number of rotatable bonds is 7. The summed E-state index contributed by atoms with van der Waals surface area (Å²) < 4.78 is 25.9. The molecule has 2 N–H and O–H groups in total. The molecule has 1 aromatic rings. The van der Waals surface area contributed by atoms with Gasteiger partial charge in [0.1, 0.15) is 0 Å². The van der Waals surface area contributed by atoms with Crippen molar-refractivity contribution < 1.29 is 8.42 Å². The Morgan fingerprint density at radius 1 is 1.37 bits per heavy atom. The molecule has 110 valence electrons. The first-order valence-electron chi connectivity index (χ1n) is 6.54. The summed E-state index contributed by atoms with van der Waals surface area (Å²) >= 11 is 6.21. The molecule has 0 radical (unpaired) electrons. The average molecular weight is 308 g/mol. The Hall–Kier alpha value is -0.590. The Kier molecular flexibility index (Phi) is 5.82. The summed E-state index contributed by atoms with van der Waals surface area (Å²) in [6.07, 6.45) is 1.33. The average Bonchev–Trinajstić information content (AvgIpc) is 2.65. The maximum Gasteiger partial charge on any atom is 0.157 e. The highest BCUT2D eigenvalue weighted by atomic mass is 35.5. The molecule has 0 aliphatic carbocycles. The lowest BCUT2D eigenvalue weighted by atomic mass is 10.3. The zero-order valence-corrected chi connectivity index (χ0v) is 13.3. The van der Waals surface area contributed by atoms with E-state index in [9.17, 15) is 8.42 Å². The Balaban J connectivity index is 3.01. The van der Waals surface area contributed by atoms with Crippen molar-refractivity contribution in [1.82, 2.24) is 9.78 Å². The van der Waals surface area contributed by atoms with Gasteiger partial charge in [-0.2, -0.15) is 5.10 Å². The van der Waals surface area contributed by atoms with Gasteiger partial charge in [0, 0.05) is 12.6 Å². The van der Waals surface area contributed by atoms with Gasteiger partial charge in [0.05, 0.1) is 27.9 Å². The number of hydrogen-bond acceptors (Lipinski definition) is 4. The normalized spacial score (nSPS) is 13.7. The molecule has 0 aliphatic rings. The summed E-state index contributed by atoms with van der Waals surface area (Å²) in [5.41, 5.74) is 7.04. The minimum absolute atomic E-state index is 0.0177. The second-order valence-electron chi connectivity index (χ2n) is 4.60. The van der Waals surface area contributed by atoms with Gasteiger partial charge in [-0.25, -0.2) is 8.42 Å². The van der Waals surface area contributed by atoms with E-state index in [-0.39, 0.29) is 17.5 Å². The minimum atomic E-state index is -3.27. The van der Waals surface area contributed by atoms with Crippen LogP contribution in [0.25, 0.3) is 0 Å². The first-order valence-corrected chi connectivity index (χ1v) is 8.74. The van der Waals surface area contributed by atoms with Gasteiger partial charge in [-0.15, -0.1) is 0 Å². The molecule has 0 saturated heterocycles. The lowest BCUT2D eigenvalue weighted by molar-refractivity contribution is 0.575. The Morgan fingerprint density at radius 3 is 2.47 bits per heavy atom. The minimum Gasteiger partial charge on any atom is -0.327 e. The maximum absolute atomic E-state index is 12.1. The fourth-order valence-corrected chi connectivity index (χ4v) is 4.00. The fourth-order valence-electron chi connectivity index (χ4n) is 1.87. The molecular weight excluding hydrogens is 286 g/mol. The van der Waals surface area contributed by atoms with Crippen LogP contribution in [0.4, 0.5) is 0 Å². The van der Waals surface area contributed by atoms with Crippen molar-refractivity contribution >= 4 is 21.4 Å². The zero-order valence-electron chi connectivity index (χ0n) is 11.7. The molecule has 5 nitrogen and oxygen atoms in total. The molecule has 0 fully saturated rings. The molecular formula is C12H22ClN3O2S. The van der Waals surface area contributed by atoms with Crippen LogP contribution in [0.15, 0.2) is 0 Å². The predicted molar refractivity (Wildman–Crippen MR) is 78.0 cm³/mol. The van der Waals surface area contributed by atoms with Gasteiger partial charge >= 0.3 is 0 Å². The van der Waals surface area contributed by atoms with Crippen LogP contribution in [0.3, 0.4) is 0 Å². The van der Waals surface area contributed by atoms with E-state index in [0.717, 1.165) is 5.69 Å². The fraction of sp³-hybridized carbons (Fsp3) is 0.750. The number of aromatic nitrogens is 2. The SMILES string of the molecule is CCc1nn(CC)c(CS(=O)(=O)CC(N)CC)c1Cl. The highest BCUT2D eigenvalue weighted by molar-refractivity contribution is 7.90. The predicted octanol–water partition coefficient (Wildman–Crippen LogP) is 1.77. The third-order valence-electron chi connectivity index (χ3n) is 3.04. The van der Waals surface area contributed by atoms with Gasteiger partial charge in [-0.3, -0.25) is 4.68 Å². The van der Waals surface area contributed by atoms with Crippen molar-refractivity contribution in [3.63, 3.8) is 0 Å². The van der Waals surface area contributed by atoms with Crippen molar-refractivity contribution in [2.45, 2.75) is 52.0 Å². The molecule has 1 heterocycles. The third kappa shape index (κ3) is 4.19. The molecule has 1 rings (SSSR count). The van der Waals surface area contributed by atoms with E-state index in [2.05, 4.69) is 5.10 Å². The molecule has 1 unspecified atom stereocenters. The highest BCUT2D eigenvalue weighted by Crippen LogP contribution is 2.24. The maximum atomic E-state index is 12.1. The van der Waals surface area contributed by atoms with Crippen molar-refractivity contribution in [1.29, 1.82) is 0 Å². The van der Waals surface area contributed by atoms with Gasteiger partial charge in [0.2, 0.25) is 0 Å². The Morgan fingerprint density at radius 2 is 2.00 bits per heavy atom.